The minimum Gasteiger partial charge on any atom is -0.348 e. The third-order valence-electron chi connectivity index (χ3n) is 3.03. The van der Waals surface area contributed by atoms with Gasteiger partial charge in [-0.2, -0.15) is 0 Å². The molecule has 1 fully saturated rings. The average molecular weight is 221 g/mol. The molecular weight excluding hydrogens is 202 g/mol. The zero-order valence-corrected chi connectivity index (χ0v) is 9.78. The standard InChI is InChI=1S/C12H19N3O/c1-14-7-2-4-11(14)12(16)10-15-8-3-5-13-6-9-15/h2,4,7,13H,3,5-6,8-10H2,1H3. The van der Waals surface area contributed by atoms with Gasteiger partial charge in [-0.1, -0.05) is 0 Å². The molecule has 0 aromatic carbocycles. The molecule has 1 aromatic rings. The van der Waals surface area contributed by atoms with Crippen LogP contribution in [0.5, 0.6) is 0 Å². The Labute approximate surface area is 96.2 Å². The van der Waals surface area contributed by atoms with E-state index in [1.54, 1.807) is 0 Å². The molecule has 4 nitrogen and oxygen atoms in total. The lowest BCUT2D eigenvalue weighted by molar-refractivity contribution is 0.0927. The molecule has 88 valence electrons. The molecule has 1 aliphatic rings. The van der Waals surface area contributed by atoms with Crippen LogP contribution < -0.4 is 5.32 Å². The van der Waals surface area contributed by atoms with Crippen LogP contribution in [0.2, 0.25) is 0 Å². The van der Waals surface area contributed by atoms with Crippen molar-refractivity contribution < 1.29 is 4.79 Å². The molecule has 0 unspecified atom stereocenters. The van der Waals surface area contributed by atoms with E-state index in [4.69, 9.17) is 0 Å². The SMILES string of the molecule is Cn1cccc1C(=O)CN1CCCNCC1. The van der Waals surface area contributed by atoms with E-state index in [2.05, 4.69) is 10.2 Å². The lowest BCUT2D eigenvalue weighted by atomic mass is 10.2. The summed E-state index contributed by atoms with van der Waals surface area (Å²) in [6.07, 6.45) is 3.04. The maximum Gasteiger partial charge on any atom is 0.193 e. The van der Waals surface area contributed by atoms with Crippen molar-refractivity contribution in [3.63, 3.8) is 0 Å². The van der Waals surface area contributed by atoms with E-state index in [9.17, 15) is 4.79 Å². The van der Waals surface area contributed by atoms with E-state index in [1.807, 2.05) is 29.9 Å². The fourth-order valence-electron chi connectivity index (χ4n) is 2.09. The maximum absolute atomic E-state index is 12.0. The van der Waals surface area contributed by atoms with Crippen LogP contribution in [0.1, 0.15) is 16.9 Å². The largest absolute Gasteiger partial charge is 0.348 e. The Hall–Kier alpha value is -1.13. The highest BCUT2D eigenvalue weighted by molar-refractivity contribution is 5.96. The Morgan fingerprint density at radius 2 is 2.31 bits per heavy atom. The summed E-state index contributed by atoms with van der Waals surface area (Å²) in [6, 6.07) is 3.80. The summed E-state index contributed by atoms with van der Waals surface area (Å²) in [5.74, 6) is 0.217. The van der Waals surface area contributed by atoms with Crippen molar-refractivity contribution in [3.8, 4) is 0 Å². The van der Waals surface area contributed by atoms with E-state index in [0.717, 1.165) is 38.3 Å². The van der Waals surface area contributed by atoms with Crippen LogP contribution in [0, 0.1) is 0 Å². The first-order chi connectivity index (χ1) is 7.77. The van der Waals surface area contributed by atoms with E-state index < -0.39 is 0 Å². The topological polar surface area (TPSA) is 37.3 Å². The number of carbonyl (C=O) groups is 1. The predicted molar refractivity (Wildman–Crippen MR) is 63.7 cm³/mol. The van der Waals surface area contributed by atoms with Crippen LogP contribution >= 0.6 is 0 Å². The fraction of sp³-hybridized carbons (Fsp3) is 0.583. The molecule has 0 saturated carbocycles. The van der Waals surface area contributed by atoms with Crippen LogP contribution in [0.25, 0.3) is 0 Å². The first-order valence-electron chi connectivity index (χ1n) is 5.85. The van der Waals surface area contributed by atoms with Gasteiger partial charge in [-0.25, -0.2) is 0 Å². The highest BCUT2D eigenvalue weighted by atomic mass is 16.1. The number of nitrogens with one attached hydrogen (secondary N) is 1. The summed E-state index contributed by atoms with van der Waals surface area (Å²) in [5.41, 5.74) is 0.803. The molecule has 16 heavy (non-hydrogen) atoms. The molecule has 0 spiro atoms. The molecular formula is C12H19N3O. The van der Waals surface area contributed by atoms with Crippen LogP contribution in [0.15, 0.2) is 18.3 Å². The minimum atomic E-state index is 0.217. The molecule has 2 rings (SSSR count). The molecule has 2 heterocycles. The highest BCUT2D eigenvalue weighted by Gasteiger charge is 2.15. The van der Waals surface area contributed by atoms with Crippen LogP contribution in [0.3, 0.4) is 0 Å². The smallest absolute Gasteiger partial charge is 0.193 e. The van der Waals surface area contributed by atoms with Gasteiger partial charge in [0.05, 0.1) is 12.2 Å². The number of hydrogen-bond donors (Lipinski definition) is 1. The molecule has 0 atom stereocenters. The number of carbonyl (C=O) groups excluding carboxylic acids is 1. The Morgan fingerprint density at radius 3 is 3.06 bits per heavy atom. The Bertz CT molecular complexity index is 351. The van der Waals surface area contributed by atoms with Crippen LogP contribution in [0.4, 0.5) is 0 Å². The number of nitrogens with zero attached hydrogens (tertiary/aromatic N) is 2. The Kier molecular flexibility index (Phi) is 3.74. The number of aromatic nitrogens is 1. The Balaban J connectivity index is 1.93. The molecule has 0 radical (unpaired) electrons. The molecule has 1 saturated heterocycles. The Morgan fingerprint density at radius 1 is 1.44 bits per heavy atom. The number of rotatable bonds is 3. The fourth-order valence-corrected chi connectivity index (χ4v) is 2.09. The van der Waals surface area contributed by atoms with Crippen molar-refractivity contribution in [2.45, 2.75) is 6.42 Å². The van der Waals surface area contributed by atoms with Gasteiger partial charge in [0.25, 0.3) is 0 Å². The predicted octanol–water partition coefficient (Wildman–Crippen LogP) is 0.503. The monoisotopic (exact) mass is 221 g/mol. The summed E-state index contributed by atoms with van der Waals surface area (Å²) in [7, 11) is 1.91. The van der Waals surface area contributed by atoms with Crippen molar-refractivity contribution in [2.24, 2.45) is 7.05 Å². The normalized spacial score (nSPS) is 18.3. The van der Waals surface area contributed by atoms with Gasteiger partial charge in [0.15, 0.2) is 5.78 Å². The van der Waals surface area contributed by atoms with Gasteiger partial charge < -0.3 is 9.88 Å². The summed E-state index contributed by atoms with van der Waals surface area (Å²) in [6.45, 7) is 4.58. The van der Waals surface area contributed by atoms with Gasteiger partial charge in [-0.3, -0.25) is 9.69 Å². The van der Waals surface area contributed by atoms with E-state index in [1.165, 1.54) is 0 Å². The number of ketones is 1. The zero-order chi connectivity index (χ0) is 11.4. The molecule has 1 N–H and O–H groups in total. The second-order valence-corrected chi connectivity index (χ2v) is 4.31. The van der Waals surface area contributed by atoms with Gasteiger partial charge in [0.1, 0.15) is 0 Å². The van der Waals surface area contributed by atoms with Gasteiger partial charge in [0.2, 0.25) is 0 Å². The van der Waals surface area contributed by atoms with E-state index in [-0.39, 0.29) is 5.78 Å². The summed E-state index contributed by atoms with van der Waals surface area (Å²) in [5, 5.41) is 3.34. The van der Waals surface area contributed by atoms with Crippen molar-refractivity contribution in [1.29, 1.82) is 0 Å². The lowest BCUT2D eigenvalue weighted by Crippen LogP contribution is -2.33. The second kappa shape index (κ2) is 5.27. The molecule has 0 bridgehead atoms. The molecule has 4 heteroatoms. The third-order valence-corrected chi connectivity index (χ3v) is 3.03. The number of aryl methyl sites for hydroxylation is 1. The molecule has 1 aliphatic heterocycles. The van der Waals surface area contributed by atoms with Gasteiger partial charge >= 0.3 is 0 Å². The summed E-state index contributed by atoms with van der Waals surface area (Å²) < 4.78 is 1.89. The summed E-state index contributed by atoms with van der Waals surface area (Å²) >= 11 is 0. The van der Waals surface area contributed by atoms with Gasteiger partial charge in [0, 0.05) is 26.3 Å². The van der Waals surface area contributed by atoms with E-state index in [0.29, 0.717) is 6.54 Å². The van der Waals surface area contributed by atoms with Gasteiger partial charge in [-0.05, 0) is 31.6 Å². The van der Waals surface area contributed by atoms with Crippen molar-refractivity contribution in [3.05, 3.63) is 24.0 Å². The first kappa shape index (κ1) is 11.4. The first-order valence-corrected chi connectivity index (χ1v) is 5.85. The van der Waals surface area contributed by atoms with E-state index >= 15 is 0 Å². The van der Waals surface area contributed by atoms with Crippen molar-refractivity contribution >= 4 is 5.78 Å². The zero-order valence-electron chi connectivity index (χ0n) is 9.78. The number of hydrogen-bond acceptors (Lipinski definition) is 3. The average Bonchev–Trinajstić information content (AvgIpc) is 2.53. The van der Waals surface area contributed by atoms with Crippen LogP contribution in [-0.2, 0) is 7.05 Å². The quantitative estimate of drug-likeness (QED) is 0.755. The minimum absolute atomic E-state index is 0.217. The summed E-state index contributed by atoms with van der Waals surface area (Å²) in [4.78, 5) is 14.3. The maximum atomic E-state index is 12.0. The third kappa shape index (κ3) is 2.71. The van der Waals surface area contributed by atoms with Gasteiger partial charge in [-0.15, -0.1) is 0 Å². The highest BCUT2D eigenvalue weighted by Crippen LogP contribution is 2.04. The van der Waals surface area contributed by atoms with Crippen molar-refractivity contribution in [1.82, 2.24) is 14.8 Å². The number of Topliss-reactive ketones (excluding diaryl/α,β-unsaturated/α-hetero) is 1. The van der Waals surface area contributed by atoms with Crippen molar-refractivity contribution in [2.75, 3.05) is 32.7 Å². The molecule has 0 amide bonds. The second-order valence-electron chi connectivity index (χ2n) is 4.31. The molecule has 1 aromatic heterocycles. The van der Waals surface area contributed by atoms with Crippen LogP contribution in [-0.4, -0.2) is 48.0 Å². The molecule has 0 aliphatic carbocycles. The lowest BCUT2D eigenvalue weighted by Gasteiger charge is -2.18.